The Morgan fingerprint density at radius 3 is 2.62 bits per heavy atom. The van der Waals surface area contributed by atoms with Crippen LogP contribution in [0.15, 0.2) is 27.4 Å². The van der Waals surface area contributed by atoms with Crippen molar-refractivity contribution in [1.29, 1.82) is 0 Å². The summed E-state index contributed by atoms with van der Waals surface area (Å²) in [6, 6.07) is 5.08. The van der Waals surface area contributed by atoms with Gasteiger partial charge in [0.1, 0.15) is 6.04 Å². The van der Waals surface area contributed by atoms with E-state index in [2.05, 4.69) is 10.6 Å². The highest BCUT2D eigenvalue weighted by atomic mass is 16.4. The number of oxazole rings is 1. The molecule has 2 aliphatic rings. The average molecular weight is 329 g/mol. The van der Waals surface area contributed by atoms with Crippen LogP contribution < -0.4 is 16.4 Å². The van der Waals surface area contributed by atoms with Crippen molar-refractivity contribution in [3.05, 3.63) is 34.3 Å². The smallest absolute Gasteiger partial charge is 0.408 e. The number of imide groups is 1. The summed E-state index contributed by atoms with van der Waals surface area (Å²) in [6.07, 6.45) is 2.66. The van der Waals surface area contributed by atoms with Crippen molar-refractivity contribution in [1.82, 2.24) is 15.2 Å². The molecule has 2 aliphatic heterocycles. The Balaban J connectivity index is 1.72. The summed E-state index contributed by atoms with van der Waals surface area (Å²) >= 11 is 0. The fourth-order valence-corrected chi connectivity index (χ4v) is 3.69. The van der Waals surface area contributed by atoms with Gasteiger partial charge in [-0.1, -0.05) is 6.07 Å². The number of fused-ring (bicyclic) bond motifs is 1. The van der Waals surface area contributed by atoms with E-state index in [4.69, 9.17) is 4.42 Å². The number of nitrogens with one attached hydrogen (secondary N) is 2. The molecule has 2 saturated heterocycles. The Bertz CT molecular complexity index is 860. The van der Waals surface area contributed by atoms with E-state index in [0.717, 1.165) is 31.5 Å². The normalized spacial score (nSPS) is 22.8. The molecule has 2 N–H and O–H groups in total. The van der Waals surface area contributed by atoms with Crippen LogP contribution in [0.25, 0.3) is 11.1 Å². The lowest BCUT2D eigenvalue weighted by atomic mass is 9.90. The van der Waals surface area contributed by atoms with E-state index in [9.17, 15) is 14.4 Å². The van der Waals surface area contributed by atoms with Gasteiger partial charge in [0.2, 0.25) is 11.8 Å². The third-order valence-electron chi connectivity index (χ3n) is 4.97. The first kappa shape index (κ1) is 15.1. The Labute approximate surface area is 138 Å². The van der Waals surface area contributed by atoms with Gasteiger partial charge in [-0.2, -0.15) is 0 Å². The molecule has 1 atom stereocenters. The number of carbonyl (C=O) groups is 2. The quantitative estimate of drug-likeness (QED) is 0.803. The summed E-state index contributed by atoms with van der Waals surface area (Å²) in [5.41, 5.74) is 2.26. The zero-order valence-electron chi connectivity index (χ0n) is 13.2. The van der Waals surface area contributed by atoms with Gasteiger partial charge in [-0.05, 0) is 56.0 Å². The largest absolute Gasteiger partial charge is 0.420 e. The Morgan fingerprint density at radius 2 is 1.88 bits per heavy atom. The topological polar surface area (TPSA) is 93.3 Å². The van der Waals surface area contributed by atoms with Crippen molar-refractivity contribution in [2.45, 2.75) is 37.6 Å². The van der Waals surface area contributed by atoms with Crippen LogP contribution >= 0.6 is 0 Å². The molecule has 3 heterocycles. The third-order valence-corrected chi connectivity index (χ3v) is 4.97. The molecule has 0 spiro atoms. The molecular weight excluding hydrogens is 310 g/mol. The summed E-state index contributed by atoms with van der Waals surface area (Å²) < 4.78 is 6.75. The molecule has 126 valence electrons. The minimum absolute atomic E-state index is 0.225. The van der Waals surface area contributed by atoms with Gasteiger partial charge < -0.3 is 9.73 Å². The first-order valence-corrected chi connectivity index (χ1v) is 8.33. The number of piperidine rings is 2. The maximum Gasteiger partial charge on any atom is 0.420 e. The number of hydrogen-bond donors (Lipinski definition) is 2. The summed E-state index contributed by atoms with van der Waals surface area (Å²) in [5, 5.41) is 5.62. The molecule has 2 aromatic rings. The number of hydrogen-bond acceptors (Lipinski definition) is 5. The molecule has 1 aromatic carbocycles. The van der Waals surface area contributed by atoms with Crippen LogP contribution in [0.5, 0.6) is 0 Å². The molecule has 24 heavy (non-hydrogen) atoms. The minimum atomic E-state index is -0.693. The first-order chi connectivity index (χ1) is 11.6. The van der Waals surface area contributed by atoms with E-state index in [-0.39, 0.29) is 12.3 Å². The van der Waals surface area contributed by atoms with Crippen LogP contribution in [-0.4, -0.2) is 29.5 Å². The Hall–Kier alpha value is -2.41. The fraction of sp³-hybridized carbons (Fsp3) is 0.471. The summed E-state index contributed by atoms with van der Waals surface area (Å²) in [5.74, 6) is -0.842. The highest BCUT2D eigenvalue weighted by molar-refractivity contribution is 6.00. The number of rotatable bonds is 2. The summed E-state index contributed by atoms with van der Waals surface area (Å²) in [7, 11) is 0. The number of amides is 2. The van der Waals surface area contributed by atoms with E-state index in [1.807, 2.05) is 18.2 Å². The molecular formula is C17H19N3O4. The van der Waals surface area contributed by atoms with Crippen molar-refractivity contribution < 1.29 is 14.0 Å². The van der Waals surface area contributed by atoms with Crippen LogP contribution in [0.3, 0.4) is 0 Å². The second kappa shape index (κ2) is 5.90. The predicted molar refractivity (Wildman–Crippen MR) is 86.7 cm³/mol. The van der Waals surface area contributed by atoms with Crippen molar-refractivity contribution in [2.24, 2.45) is 0 Å². The highest BCUT2D eigenvalue weighted by Crippen LogP contribution is 2.29. The number of carbonyl (C=O) groups excluding carboxylic acids is 2. The SMILES string of the molecule is O=C1CCC(n2c(=O)oc3cc(C4CCNCC4)ccc32)C(=O)N1. The van der Waals surface area contributed by atoms with Crippen LogP contribution in [-0.2, 0) is 9.59 Å². The molecule has 4 rings (SSSR count). The molecule has 0 bridgehead atoms. The van der Waals surface area contributed by atoms with Gasteiger partial charge in [-0.25, -0.2) is 4.79 Å². The van der Waals surface area contributed by atoms with Crippen molar-refractivity contribution >= 4 is 22.9 Å². The van der Waals surface area contributed by atoms with Crippen LogP contribution in [0, 0.1) is 0 Å². The zero-order chi connectivity index (χ0) is 16.7. The monoisotopic (exact) mass is 329 g/mol. The fourth-order valence-electron chi connectivity index (χ4n) is 3.69. The average Bonchev–Trinajstić information content (AvgIpc) is 2.91. The lowest BCUT2D eigenvalue weighted by Gasteiger charge is -2.23. The van der Waals surface area contributed by atoms with Crippen LogP contribution in [0.1, 0.15) is 43.2 Å². The summed E-state index contributed by atoms with van der Waals surface area (Å²) in [4.78, 5) is 35.7. The van der Waals surface area contributed by atoms with E-state index >= 15 is 0 Å². The minimum Gasteiger partial charge on any atom is -0.408 e. The number of aromatic nitrogens is 1. The molecule has 0 saturated carbocycles. The Morgan fingerprint density at radius 1 is 1.08 bits per heavy atom. The van der Waals surface area contributed by atoms with Gasteiger partial charge in [0.15, 0.2) is 5.58 Å². The van der Waals surface area contributed by atoms with Gasteiger partial charge in [-0.15, -0.1) is 0 Å². The van der Waals surface area contributed by atoms with Crippen LogP contribution in [0.4, 0.5) is 0 Å². The predicted octanol–water partition coefficient (Wildman–Crippen LogP) is 1.04. The molecule has 2 amide bonds. The molecule has 0 radical (unpaired) electrons. The van der Waals surface area contributed by atoms with Gasteiger partial charge in [-0.3, -0.25) is 19.5 Å². The zero-order valence-corrected chi connectivity index (χ0v) is 13.2. The molecule has 1 unspecified atom stereocenters. The second-order valence-electron chi connectivity index (χ2n) is 6.46. The van der Waals surface area contributed by atoms with E-state index in [0.29, 0.717) is 23.4 Å². The second-order valence-corrected chi connectivity index (χ2v) is 6.46. The van der Waals surface area contributed by atoms with Crippen molar-refractivity contribution in [2.75, 3.05) is 13.1 Å². The molecule has 1 aromatic heterocycles. The lowest BCUT2D eigenvalue weighted by Crippen LogP contribution is -2.43. The lowest BCUT2D eigenvalue weighted by molar-refractivity contribution is -0.135. The van der Waals surface area contributed by atoms with Gasteiger partial charge in [0, 0.05) is 6.42 Å². The summed E-state index contributed by atoms with van der Waals surface area (Å²) in [6.45, 7) is 1.98. The maximum absolute atomic E-state index is 12.3. The van der Waals surface area contributed by atoms with Crippen LogP contribution in [0.2, 0.25) is 0 Å². The van der Waals surface area contributed by atoms with E-state index < -0.39 is 17.7 Å². The maximum atomic E-state index is 12.3. The number of nitrogens with zero attached hydrogens (tertiary/aromatic N) is 1. The standard InChI is InChI=1S/C17H19N3O4/c21-15-4-3-13(16(22)19-15)20-12-2-1-11(9-14(12)24-17(20)23)10-5-7-18-8-6-10/h1-2,9-10,13,18H,3-8H2,(H,19,21,22). The number of benzene rings is 1. The third kappa shape index (κ3) is 2.54. The van der Waals surface area contributed by atoms with Crippen molar-refractivity contribution in [3.8, 4) is 0 Å². The van der Waals surface area contributed by atoms with Gasteiger partial charge >= 0.3 is 5.76 Å². The van der Waals surface area contributed by atoms with Gasteiger partial charge in [0.05, 0.1) is 5.52 Å². The van der Waals surface area contributed by atoms with Crippen molar-refractivity contribution in [3.63, 3.8) is 0 Å². The first-order valence-electron chi connectivity index (χ1n) is 8.33. The Kier molecular flexibility index (Phi) is 3.72. The molecule has 2 fully saturated rings. The molecule has 7 nitrogen and oxygen atoms in total. The van der Waals surface area contributed by atoms with E-state index in [1.54, 1.807) is 0 Å². The highest BCUT2D eigenvalue weighted by Gasteiger charge is 2.31. The van der Waals surface area contributed by atoms with Gasteiger partial charge in [0.25, 0.3) is 0 Å². The molecule has 7 heteroatoms. The van der Waals surface area contributed by atoms with E-state index in [1.165, 1.54) is 4.57 Å². The molecule has 0 aliphatic carbocycles.